The maximum absolute atomic E-state index is 13.0. The first-order valence-electron chi connectivity index (χ1n) is 9.12. The van der Waals surface area contributed by atoms with E-state index < -0.39 is 5.60 Å². The highest BCUT2D eigenvalue weighted by Gasteiger charge is 2.43. The van der Waals surface area contributed by atoms with Gasteiger partial charge in [-0.3, -0.25) is 4.79 Å². The minimum absolute atomic E-state index is 0.0562. The molecule has 0 saturated heterocycles. The fraction of sp³-hybridized carbons (Fsp3) is 0.167. The highest BCUT2D eigenvalue weighted by atomic mass is 16.7. The Labute approximate surface area is 159 Å². The highest BCUT2D eigenvalue weighted by Crippen LogP contribution is 2.40. The summed E-state index contributed by atoms with van der Waals surface area (Å²) in [6.45, 7) is 2.05. The predicted octanol–water partition coefficient (Wildman–Crippen LogP) is 5.29. The van der Waals surface area contributed by atoms with Gasteiger partial charge in [0.2, 0.25) is 0 Å². The molecule has 1 aliphatic heterocycles. The zero-order chi connectivity index (χ0) is 18.7. The van der Waals surface area contributed by atoms with Crippen LogP contribution in [0.4, 0.5) is 0 Å². The summed E-state index contributed by atoms with van der Waals surface area (Å²) in [6, 6.07) is 27.5. The molecule has 1 atom stereocenters. The molecule has 0 radical (unpaired) electrons. The molecule has 3 aromatic rings. The van der Waals surface area contributed by atoms with E-state index in [1.54, 1.807) is 0 Å². The number of carbonyl (C=O) groups is 1. The lowest BCUT2D eigenvalue weighted by Crippen LogP contribution is -2.30. The van der Waals surface area contributed by atoms with Gasteiger partial charge in [-0.2, -0.15) is 0 Å². The molecule has 4 rings (SSSR count). The molecular weight excluding hydrogens is 334 g/mol. The number of hydrogen-bond donors (Lipinski definition) is 0. The molecule has 1 heterocycles. The predicted molar refractivity (Wildman–Crippen MR) is 107 cm³/mol. The van der Waals surface area contributed by atoms with E-state index in [0.717, 1.165) is 16.8 Å². The monoisotopic (exact) mass is 355 g/mol. The van der Waals surface area contributed by atoms with E-state index in [9.17, 15) is 4.79 Å². The van der Waals surface area contributed by atoms with Gasteiger partial charge in [0.1, 0.15) is 0 Å². The Morgan fingerprint density at radius 3 is 2.22 bits per heavy atom. The van der Waals surface area contributed by atoms with Crippen molar-refractivity contribution in [1.82, 2.24) is 0 Å². The Hall–Kier alpha value is -3.20. The Morgan fingerprint density at radius 1 is 0.926 bits per heavy atom. The molecule has 1 unspecified atom stereocenters. The Balaban J connectivity index is 1.67. The molecule has 27 heavy (non-hydrogen) atoms. The van der Waals surface area contributed by atoms with Crippen molar-refractivity contribution in [3.63, 3.8) is 0 Å². The fourth-order valence-corrected chi connectivity index (χ4v) is 3.46. The van der Waals surface area contributed by atoms with E-state index in [1.165, 1.54) is 5.56 Å². The smallest absolute Gasteiger partial charge is 0.175 e. The lowest BCUT2D eigenvalue weighted by molar-refractivity contribution is -0.0248. The minimum Gasteiger partial charge on any atom is -0.383 e. The van der Waals surface area contributed by atoms with Gasteiger partial charge in [-0.15, -0.1) is 0 Å². The number of nitrogens with zero attached hydrogens (tertiary/aromatic N) is 1. The average Bonchev–Trinajstić information content (AvgIpc) is 3.15. The van der Waals surface area contributed by atoms with Gasteiger partial charge >= 0.3 is 0 Å². The van der Waals surface area contributed by atoms with Crippen molar-refractivity contribution >= 4 is 11.5 Å². The molecule has 0 aliphatic carbocycles. The number of ketones is 1. The van der Waals surface area contributed by atoms with Gasteiger partial charge in [0, 0.05) is 12.0 Å². The molecule has 0 N–H and O–H groups in total. The second-order valence-corrected chi connectivity index (χ2v) is 7.00. The summed E-state index contributed by atoms with van der Waals surface area (Å²) >= 11 is 0. The van der Waals surface area contributed by atoms with Crippen molar-refractivity contribution in [2.45, 2.75) is 25.4 Å². The molecule has 0 fully saturated rings. The summed E-state index contributed by atoms with van der Waals surface area (Å²) in [5, 5.41) is 4.37. The molecule has 0 amide bonds. The van der Waals surface area contributed by atoms with Crippen LogP contribution >= 0.6 is 0 Å². The molecule has 3 nitrogen and oxygen atoms in total. The molecular formula is C24H21NO2. The normalized spacial score (nSPS) is 18.6. The third-order valence-corrected chi connectivity index (χ3v) is 5.01. The minimum atomic E-state index is -0.772. The number of carbonyl (C=O) groups excluding carboxylic acids is 1. The summed E-state index contributed by atoms with van der Waals surface area (Å²) in [5.41, 5.74) is 3.97. The quantitative estimate of drug-likeness (QED) is 0.584. The third-order valence-electron chi connectivity index (χ3n) is 5.01. The second-order valence-electron chi connectivity index (χ2n) is 7.00. The van der Waals surface area contributed by atoms with Crippen LogP contribution < -0.4 is 0 Å². The van der Waals surface area contributed by atoms with E-state index in [-0.39, 0.29) is 12.2 Å². The van der Waals surface area contributed by atoms with E-state index in [0.29, 0.717) is 12.0 Å². The molecule has 134 valence electrons. The van der Waals surface area contributed by atoms with E-state index in [4.69, 9.17) is 4.84 Å². The van der Waals surface area contributed by atoms with Crippen molar-refractivity contribution in [3.8, 4) is 0 Å². The van der Waals surface area contributed by atoms with Crippen LogP contribution in [-0.4, -0.2) is 11.5 Å². The summed E-state index contributed by atoms with van der Waals surface area (Å²) in [5.74, 6) is 0.0562. The van der Waals surface area contributed by atoms with Crippen molar-refractivity contribution in [1.29, 1.82) is 0 Å². The van der Waals surface area contributed by atoms with Crippen LogP contribution in [0.2, 0.25) is 0 Å². The summed E-state index contributed by atoms with van der Waals surface area (Å²) in [7, 11) is 0. The van der Waals surface area contributed by atoms with Crippen LogP contribution in [0.15, 0.2) is 90.1 Å². The van der Waals surface area contributed by atoms with Gasteiger partial charge in [0.15, 0.2) is 11.4 Å². The van der Waals surface area contributed by atoms with Gasteiger partial charge in [-0.05, 0) is 18.1 Å². The van der Waals surface area contributed by atoms with Crippen molar-refractivity contribution in [2.75, 3.05) is 0 Å². The number of rotatable bonds is 5. The molecule has 0 bridgehead atoms. The lowest BCUT2D eigenvalue weighted by atomic mass is 9.82. The molecule has 0 aromatic heterocycles. The number of hydrogen-bond acceptors (Lipinski definition) is 3. The maximum Gasteiger partial charge on any atom is 0.175 e. The van der Waals surface area contributed by atoms with Gasteiger partial charge in [-0.1, -0.05) is 95.6 Å². The Bertz CT molecular complexity index is 962. The molecule has 3 aromatic carbocycles. The number of benzene rings is 3. The van der Waals surface area contributed by atoms with Crippen LogP contribution in [0.1, 0.15) is 39.9 Å². The zero-order valence-electron chi connectivity index (χ0n) is 15.3. The Kier molecular flexibility index (Phi) is 4.59. The second kappa shape index (κ2) is 7.20. The SMILES string of the molecule is Cc1ccc(C2(CC(=O)c3ccccc3)CC(c3ccccc3)=NO2)cc1. The first-order valence-corrected chi connectivity index (χ1v) is 9.12. The molecule has 0 saturated carbocycles. The number of oxime groups is 1. The summed E-state index contributed by atoms with van der Waals surface area (Å²) < 4.78 is 0. The van der Waals surface area contributed by atoms with Gasteiger partial charge in [-0.25, -0.2) is 0 Å². The lowest BCUT2D eigenvalue weighted by Gasteiger charge is -2.27. The number of Topliss-reactive ketones (excluding diaryl/α,β-unsaturated/α-hetero) is 1. The molecule has 1 aliphatic rings. The van der Waals surface area contributed by atoms with Gasteiger partial charge < -0.3 is 4.84 Å². The maximum atomic E-state index is 13.0. The van der Waals surface area contributed by atoms with Crippen LogP contribution in [-0.2, 0) is 10.4 Å². The highest BCUT2D eigenvalue weighted by molar-refractivity contribution is 6.03. The van der Waals surface area contributed by atoms with Crippen molar-refractivity contribution in [3.05, 3.63) is 107 Å². The largest absolute Gasteiger partial charge is 0.383 e. The average molecular weight is 355 g/mol. The van der Waals surface area contributed by atoms with E-state index >= 15 is 0 Å². The topological polar surface area (TPSA) is 38.7 Å². The number of aryl methyl sites for hydroxylation is 1. The first kappa shape index (κ1) is 17.2. The Morgan fingerprint density at radius 2 is 1.56 bits per heavy atom. The van der Waals surface area contributed by atoms with Crippen LogP contribution in [0.3, 0.4) is 0 Å². The van der Waals surface area contributed by atoms with Crippen molar-refractivity contribution in [2.24, 2.45) is 5.16 Å². The molecule has 3 heteroatoms. The third kappa shape index (κ3) is 3.54. The molecule has 0 spiro atoms. The van der Waals surface area contributed by atoms with Gasteiger partial charge in [0.05, 0.1) is 12.1 Å². The van der Waals surface area contributed by atoms with Crippen LogP contribution in [0.5, 0.6) is 0 Å². The standard InChI is InChI=1S/C24H21NO2/c1-18-12-14-21(15-13-18)24(17-23(26)20-10-6-3-7-11-20)16-22(25-27-24)19-8-4-2-5-9-19/h2-15H,16-17H2,1H3. The van der Waals surface area contributed by atoms with Gasteiger partial charge in [0.25, 0.3) is 0 Å². The van der Waals surface area contributed by atoms with E-state index in [1.807, 2.05) is 91.9 Å². The van der Waals surface area contributed by atoms with E-state index in [2.05, 4.69) is 5.16 Å². The first-order chi connectivity index (χ1) is 13.2. The van der Waals surface area contributed by atoms with Crippen molar-refractivity contribution < 1.29 is 9.63 Å². The fourth-order valence-electron chi connectivity index (χ4n) is 3.46. The zero-order valence-corrected chi connectivity index (χ0v) is 15.3. The summed E-state index contributed by atoms with van der Waals surface area (Å²) in [6.07, 6.45) is 0.818. The summed E-state index contributed by atoms with van der Waals surface area (Å²) in [4.78, 5) is 19.0. The van der Waals surface area contributed by atoms with Crippen LogP contribution in [0, 0.1) is 6.92 Å². The van der Waals surface area contributed by atoms with Crippen LogP contribution in [0.25, 0.3) is 0 Å².